The molecule has 0 bridgehead atoms. The molecule has 0 aliphatic carbocycles. The van der Waals surface area contributed by atoms with Gasteiger partial charge in [0.05, 0.1) is 28.9 Å². The van der Waals surface area contributed by atoms with E-state index >= 15 is 0 Å². The van der Waals surface area contributed by atoms with Gasteiger partial charge >= 0.3 is 5.91 Å². The van der Waals surface area contributed by atoms with Crippen LogP contribution in [0.1, 0.15) is 22.7 Å². The number of hydrogen-bond donors (Lipinski definition) is 1. The van der Waals surface area contributed by atoms with Gasteiger partial charge in [-0.3, -0.25) is 14.5 Å². The summed E-state index contributed by atoms with van der Waals surface area (Å²) in [7, 11) is 1.54. The lowest BCUT2D eigenvalue weighted by atomic mass is 9.95. The number of aliphatic hydroxyl groups excluding tert-OH is 1. The van der Waals surface area contributed by atoms with E-state index in [1.54, 1.807) is 61.7 Å². The summed E-state index contributed by atoms with van der Waals surface area (Å²) < 4.78 is 11.7. The summed E-state index contributed by atoms with van der Waals surface area (Å²) in [5.41, 5.74) is 2.82. The first-order valence-electron chi connectivity index (χ1n) is 11.6. The Hall–Kier alpha value is -4.43. The number of benzene rings is 3. The Morgan fingerprint density at radius 2 is 1.78 bits per heavy atom. The Morgan fingerprint density at radius 3 is 2.46 bits per heavy atom. The molecule has 1 aliphatic heterocycles. The molecule has 186 valence electrons. The molecule has 1 amide bonds. The van der Waals surface area contributed by atoms with Crippen LogP contribution in [0.5, 0.6) is 11.5 Å². The third-order valence-corrected chi connectivity index (χ3v) is 7.13. The number of rotatable bonds is 7. The van der Waals surface area contributed by atoms with Gasteiger partial charge < -0.3 is 14.6 Å². The van der Waals surface area contributed by atoms with E-state index in [-0.39, 0.29) is 11.3 Å². The van der Waals surface area contributed by atoms with Crippen molar-refractivity contribution >= 4 is 44.1 Å². The molecule has 1 N–H and O–H groups in total. The quantitative estimate of drug-likeness (QED) is 0.146. The van der Waals surface area contributed by atoms with Gasteiger partial charge in [-0.25, -0.2) is 4.98 Å². The number of thiazole rings is 1. The number of carbonyl (C=O) groups is 2. The third-order valence-electron chi connectivity index (χ3n) is 6.11. The maximum atomic E-state index is 13.4. The van der Waals surface area contributed by atoms with Gasteiger partial charge in [0.1, 0.15) is 23.9 Å². The number of anilines is 1. The highest BCUT2D eigenvalue weighted by atomic mass is 32.1. The van der Waals surface area contributed by atoms with Crippen molar-refractivity contribution in [2.45, 2.75) is 13.0 Å². The van der Waals surface area contributed by atoms with Crippen LogP contribution in [-0.2, 0) is 9.59 Å². The van der Waals surface area contributed by atoms with Crippen molar-refractivity contribution in [3.63, 3.8) is 0 Å². The molecule has 7 nitrogen and oxygen atoms in total. The molecule has 1 aromatic heterocycles. The summed E-state index contributed by atoms with van der Waals surface area (Å²) in [5, 5.41) is 11.7. The number of amides is 1. The zero-order valence-electron chi connectivity index (χ0n) is 20.3. The second-order valence-electron chi connectivity index (χ2n) is 8.53. The van der Waals surface area contributed by atoms with E-state index in [2.05, 4.69) is 11.6 Å². The summed E-state index contributed by atoms with van der Waals surface area (Å²) in [6, 6.07) is 18.7. The zero-order valence-corrected chi connectivity index (χ0v) is 21.1. The maximum Gasteiger partial charge on any atom is 0.301 e. The molecule has 2 heterocycles. The highest BCUT2D eigenvalue weighted by Crippen LogP contribution is 2.44. The first-order chi connectivity index (χ1) is 17.9. The summed E-state index contributed by atoms with van der Waals surface area (Å²) in [6.45, 7) is 5.98. The predicted molar refractivity (Wildman–Crippen MR) is 144 cm³/mol. The number of aromatic nitrogens is 1. The fourth-order valence-electron chi connectivity index (χ4n) is 4.27. The number of ether oxygens (including phenoxy) is 2. The number of hydrogen-bond acceptors (Lipinski definition) is 7. The normalized spacial score (nSPS) is 16.8. The van der Waals surface area contributed by atoms with Crippen LogP contribution < -0.4 is 14.4 Å². The lowest BCUT2D eigenvalue weighted by Gasteiger charge is -2.23. The van der Waals surface area contributed by atoms with E-state index < -0.39 is 17.7 Å². The summed E-state index contributed by atoms with van der Waals surface area (Å²) in [4.78, 5) is 32.9. The van der Waals surface area contributed by atoms with Crippen molar-refractivity contribution in [2.75, 3.05) is 18.6 Å². The molecule has 8 heteroatoms. The van der Waals surface area contributed by atoms with Gasteiger partial charge in [0.2, 0.25) is 0 Å². The van der Waals surface area contributed by atoms with Crippen molar-refractivity contribution < 1.29 is 24.2 Å². The second kappa shape index (κ2) is 9.91. The second-order valence-corrected chi connectivity index (χ2v) is 9.54. The fourth-order valence-corrected chi connectivity index (χ4v) is 5.36. The Kier molecular flexibility index (Phi) is 6.50. The molecule has 4 aromatic rings. The molecule has 0 spiro atoms. The first kappa shape index (κ1) is 24.3. The molecular weight excluding hydrogens is 488 g/mol. The SMILES string of the molecule is C=CCOc1ccc(C2/C(=C(\O)c3ccc(OC)cc3)C(=O)C(=O)N2c2nc3ccc(C)cc3s2)cc1. The van der Waals surface area contributed by atoms with E-state index in [1.165, 1.54) is 16.2 Å². The number of fused-ring (bicyclic) bond motifs is 1. The molecule has 3 aromatic carbocycles. The Morgan fingerprint density at radius 1 is 1.08 bits per heavy atom. The van der Waals surface area contributed by atoms with E-state index in [0.29, 0.717) is 34.4 Å². The Labute approximate surface area is 217 Å². The topological polar surface area (TPSA) is 89.0 Å². The fraction of sp³-hybridized carbons (Fsp3) is 0.138. The van der Waals surface area contributed by atoms with Gasteiger partial charge in [-0.05, 0) is 66.6 Å². The van der Waals surface area contributed by atoms with Crippen molar-refractivity contribution in [1.29, 1.82) is 0 Å². The molecule has 1 unspecified atom stereocenters. The van der Waals surface area contributed by atoms with Gasteiger partial charge in [0.25, 0.3) is 5.78 Å². The molecule has 0 saturated carbocycles. The molecule has 1 aliphatic rings. The van der Waals surface area contributed by atoms with E-state index in [1.807, 2.05) is 25.1 Å². The van der Waals surface area contributed by atoms with Crippen LogP contribution in [0.25, 0.3) is 16.0 Å². The molecule has 0 radical (unpaired) electrons. The number of carbonyl (C=O) groups excluding carboxylic acids is 2. The lowest BCUT2D eigenvalue weighted by Crippen LogP contribution is -2.29. The monoisotopic (exact) mass is 512 g/mol. The van der Waals surface area contributed by atoms with Crippen LogP contribution in [0.4, 0.5) is 5.13 Å². The molecule has 1 saturated heterocycles. The molecular formula is C29H24N2O5S. The summed E-state index contributed by atoms with van der Waals surface area (Å²) in [6.07, 6.45) is 1.65. The van der Waals surface area contributed by atoms with Gasteiger partial charge in [-0.15, -0.1) is 0 Å². The van der Waals surface area contributed by atoms with Crippen molar-refractivity contribution in [1.82, 2.24) is 4.98 Å². The average molecular weight is 513 g/mol. The number of methoxy groups -OCH3 is 1. The smallest absolute Gasteiger partial charge is 0.301 e. The zero-order chi connectivity index (χ0) is 26.1. The minimum atomic E-state index is -0.878. The van der Waals surface area contributed by atoms with Crippen LogP contribution in [-0.4, -0.2) is 35.5 Å². The maximum absolute atomic E-state index is 13.4. The van der Waals surface area contributed by atoms with E-state index in [4.69, 9.17) is 9.47 Å². The van der Waals surface area contributed by atoms with Gasteiger partial charge in [-0.1, -0.05) is 42.2 Å². The predicted octanol–water partition coefficient (Wildman–Crippen LogP) is 5.80. The Bertz CT molecular complexity index is 1540. The van der Waals surface area contributed by atoms with E-state index in [0.717, 1.165) is 15.8 Å². The lowest BCUT2D eigenvalue weighted by molar-refractivity contribution is -0.132. The van der Waals surface area contributed by atoms with Crippen LogP contribution in [0.2, 0.25) is 0 Å². The minimum absolute atomic E-state index is 0.00892. The third kappa shape index (κ3) is 4.47. The number of aliphatic hydroxyl groups is 1. The number of ketones is 1. The molecule has 5 rings (SSSR count). The molecule has 37 heavy (non-hydrogen) atoms. The van der Waals surface area contributed by atoms with Crippen molar-refractivity contribution in [2.24, 2.45) is 0 Å². The van der Waals surface area contributed by atoms with Crippen LogP contribution in [0.15, 0.2) is 85.0 Å². The van der Waals surface area contributed by atoms with Crippen molar-refractivity contribution in [3.05, 3.63) is 102 Å². The number of nitrogens with zero attached hydrogens (tertiary/aromatic N) is 2. The molecule has 1 atom stereocenters. The van der Waals surface area contributed by atoms with Crippen LogP contribution in [0, 0.1) is 6.92 Å². The standard InChI is InChI=1S/C29H24N2O5S/c1-4-15-36-21-12-6-18(7-13-21)25-24(26(32)19-8-10-20(35-3)11-9-19)27(33)28(34)31(25)29-30-22-14-5-17(2)16-23(22)37-29/h4-14,16,25,32H,1,15H2,2-3H3/b26-24+. The van der Waals surface area contributed by atoms with Crippen LogP contribution in [0.3, 0.4) is 0 Å². The largest absolute Gasteiger partial charge is 0.507 e. The van der Waals surface area contributed by atoms with Gasteiger partial charge in [0, 0.05) is 5.56 Å². The van der Waals surface area contributed by atoms with Crippen LogP contribution >= 0.6 is 11.3 Å². The average Bonchev–Trinajstić information content (AvgIpc) is 3.45. The number of aryl methyl sites for hydroxylation is 1. The van der Waals surface area contributed by atoms with Gasteiger partial charge in [-0.2, -0.15) is 0 Å². The van der Waals surface area contributed by atoms with Crippen molar-refractivity contribution in [3.8, 4) is 11.5 Å². The molecule has 1 fully saturated rings. The highest BCUT2D eigenvalue weighted by Gasteiger charge is 2.48. The number of Topliss-reactive ketones (excluding diaryl/α,β-unsaturated/α-hetero) is 1. The Balaban J connectivity index is 1.66. The first-order valence-corrected chi connectivity index (χ1v) is 12.4. The summed E-state index contributed by atoms with van der Waals surface area (Å²) >= 11 is 1.33. The highest BCUT2D eigenvalue weighted by molar-refractivity contribution is 7.22. The van der Waals surface area contributed by atoms with E-state index in [9.17, 15) is 14.7 Å². The minimum Gasteiger partial charge on any atom is -0.507 e. The summed E-state index contributed by atoms with van der Waals surface area (Å²) in [5.74, 6) is -0.569. The van der Waals surface area contributed by atoms with Gasteiger partial charge in [0.15, 0.2) is 5.13 Å².